The third kappa shape index (κ3) is 4.81. The van der Waals surface area contributed by atoms with Crippen LogP contribution in [0.1, 0.15) is 44.6 Å². The van der Waals surface area contributed by atoms with E-state index < -0.39 is 0 Å². The molecule has 0 unspecified atom stereocenters. The van der Waals surface area contributed by atoms with Crippen molar-refractivity contribution in [2.24, 2.45) is 5.92 Å². The summed E-state index contributed by atoms with van der Waals surface area (Å²) in [5.74, 6) is 0.0637. The van der Waals surface area contributed by atoms with Gasteiger partial charge in [-0.05, 0) is 44.6 Å². The Hall–Kier alpha value is -1.39. The van der Waals surface area contributed by atoms with Gasteiger partial charge in [-0.3, -0.25) is 9.69 Å². The fourth-order valence-electron chi connectivity index (χ4n) is 3.86. The summed E-state index contributed by atoms with van der Waals surface area (Å²) < 4.78 is 11.4. The molecule has 4 heteroatoms. The summed E-state index contributed by atoms with van der Waals surface area (Å²) in [5.41, 5.74) is 1.37. The molecule has 132 valence electrons. The summed E-state index contributed by atoms with van der Waals surface area (Å²) in [6.07, 6.45) is 5.56. The van der Waals surface area contributed by atoms with Gasteiger partial charge in [0.25, 0.3) is 0 Å². The first-order valence-corrected chi connectivity index (χ1v) is 9.33. The Morgan fingerprint density at radius 2 is 1.83 bits per heavy atom. The Kier molecular flexibility index (Phi) is 6.27. The minimum absolute atomic E-state index is 0.0224. The van der Waals surface area contributed by atoms with E-state index in [0.29, 0.717) is 18.8 Å². The van der Waals surface area contributed by atoms with Gasteiger partial charge in [0.05, 0.1) is 24.7 Å². The minimum Gasteiger partial charge on any atom is -0.466 e. The SMILES string of the molecule is CCOC(=O)C1CCC(O[C@@H]2CCN(Cc3ccccc3)C2)CC1. The van der Waals surface area contributed by atoms with Crippen LogP contribution in [0.4, 0.5) is 0 Å². The Labute approximate surface area is 145 Å². The molecule has 1 heterocycles. The molecule has 0 aromatic heterocycles. The second-order valence-electron chi connectivity index (χ2n) is 6.99. The molecule has 1 aliphatic heterocycles. The van der Waals surface area contributed by atoms with E-state index >= 15 is 0 Å². The average Bonchev–Trinajstić information content (AvgIpc) is 3.03. The normalized spacial score (nSPS) is 28.0. The predicted molar refractivity (Wildman–Crippen MR) is 93.6 cm³/mol. The lowest BCUT2D eigenvalue weighted by Gasteiger charge is -2.29. The number of carbonyl (C=O) groups excluding carboxylic acids is 1. The fraction of sp³-hybridized carbons (Fsp3) is 0.650. The van der Waals surface area contributed by atoms with Crippen molar-refractivity contribution in [3.63, 3.8) is 0 Å². The molecule has 4 nitrogen and oxygen atoms in total. The number of carbonyl (C=O) groups is 1. The van der Waals surface area contributed by atoms with Gasteiger partial charge in [0.2, 0.25) is 0 Å². The highest BCUT2D eigenvalue weighted by atomic mass is 16.5. The van der Waals surface area contributed by atoms with Crippen LogP contribution < -0.4 is 0 Å². The lowest BCUT2D eigenvalue weighted by atomic mass is 9.87. The molecule has 1 saturated heterocycles. The Morgan fingerprint density at radius 1 is 1.08 bits per heavy atom. The van der Waals surface area contributed by atoms with E-state index in [2.05, 4.69) is 35.2 Å². The summed E-state index contributed by atoms with van der Waals surface area (Å²) in [6.45, 7) is 5.49. The van der Waals surface area contributed by atoms with Crippen molar-refractivity contribution in [1.29, 1.82) is 0 Å². The summed E-state index contributed by atoms with van der Waals surface area (Å²) in [7, 11) is 0. The molecule has 1 aromatic rings. The van der Waals surface area contributed by atoms with Crippen LogP contribution in [0, 0.1) is 5.92 Å². The molecule has 1 atom stereocenters. The molecule has 3 rings (SSSR count). The lowest BCUT2D eigenvalue weighted by Crippen LogP contribution is -2.31. The number of ether oxygens (including phenoxy) is 2. The fourth-order valence-corrected chi connectivity index (χ4v) is 3.86. The van der Waals surface area contributed by atoms with Crippen molar-refractivity contribution < 1.29 is 14.3 Å². The maximum atomic E-state index is 11.8. The lowest BCUT2D eigenvalue weighted by molar-refractivity contribution is -0.150. The molecule has 2 fully saturated rings. The zero-order chi connectivity index (χ0) is 16.8. The van der Waals surface area contributed by atoms with Crippen LogP contribution in [0.2, 0.25) is 0 Å². The van der Waals surface area contributed by atoms with Gasteiger partial charge in [0.15, 0.2) is 0 Å². The van der Waals surface area contributed by atoms with Gasteiger partial charge in [-0.25, -0.2) is 0 Å². The van der Waals surface area contributed by atoms with Crippen LogP contribution in [0.3, 0.4) is 0 Å². The van der Waals surface area contributed by atoms with E-state index in [1.54, 1.807) is 0 Å². The zero-order valence-corrected chi connectivity index (χ0v) is 14.7. The van der Waals surface area contributed by atoms with Crippen LogP contribution in [0.5, 0.6) is 0 Å². The largest absolute Gasteiger partial charge is 0.466 e. The number of likely N-dealkylation sites (tertiary alicyclic amines) is 1. The van der Waals surface area contributed by atoms with Gasteiger partial charge in [0, 0.05) is 19.6 Å². The van der Waals surface area contributed by atoms with Gasteiger partial charge in [-0.2, -0.15) is 0 Å². The molecule has 0 amide bonds. The molecule has 0 radical (unpaired) electrons. The zero-order valence-electron chi connectivity index (χ0n) is 14.7. The van der Waals surface area contributed by atoms with Crippen LogP contribution in [-0.4, -0.2) is 42.8 Å². The Balaban J connectivity index is 1.38. The highest BCUT2D eigenvalue weighted by Gasteiger charge is 2.31. The van der Waals surface area contributed by atoms with Gasteiger partial charge < -0.3 is 9.47 Å². The molecule has 2 aliphatic rings. The summed E-state index contributed by atoms with van der Waals surface area (Å²) in [5, 5.41) is 0. The van der Waals surface area contributed by atoms with Crippen molar-refractivity contribution >= 4 is 5.97 Å². The Bertz CT molecular complexity index is 511. The van der Waals surface area contributed by atoms with Crippen LogP contribution in [-0.2, 0) is 20.8 Å². The first-order chi connectivity index (χ1) is 11.7. The first-order valence-electron chi connectivity index (χ1n) is 9.33. The van der Waals surface area contributed by atoms with Gasteiger partial charge in [0.1, 0.15) is 0 Å². The topological polar surface area (TPSA) is 38.8 Å². The number of nitrogens with zero attached hydrogens (tertiary/aromatic N) is 1. The molecule has 24 heavy (non-hydrogen) atoms. The summed E-state index contributed by atoms with van der Waals surface area (Å²) in [4.78, 5) is 14.3. The van der Waals surface area contributed by atoms with E-state index in [1.165, 1.54) is 5.56 Å². The van der Waals surface area contributed by atoms with E-state index in [-0.39, 0.29) is 11.9 Å². The maximum absolute atomic E-state index is 11.8. The van der Waals surface area contributed by atoms with Crippen molar-refractivity contribution in [3.8, 4) is 0 Å². The van der Waals surface area contributed by atoms with E-state index in [1.807, 2.05) is 6.92 Å². The highest BCUT2D eigenvalue weighted by Crippen LogP contribution is 2.29. The molecule has 1 saturated carbocycles. The highest BCUT2D eigenvalue weighted by molar-refractivity contribution is 5.72. The molecule has 0 N–H and O–H groups in total. The summed E-state index contributed by atoms with van der Waals surface area (Å²) in [6, 6.07) is 10.6. The second-order valence-corrected chi connectivity index (χ2v) is 6.99. The van der Waals surface area contributed by atoms with E-state index in [0.717, 1.165) is 51.7 Å². The monoisotopic (exact) mass is 331 g/mol. The van der Waals surface area contributed by atoms with Crippen LogP contribution >= 0.6 is 0 Å². The van der Waals surface area contributed by atoms with Gasteiger partial charge in [-0.15, -0.1) is 0 Å². The maximum Gasteiger partial charge on any atom is 0.308 e. The van der Waals surface area contributed by atoms with Crippen molar-refractivity contribution in [1.82, 2.24) is 4.90 Å². The number of esters is 1. The van der Waals surface area contributed by atoms with Gasteiger partial charge in [-0.1, -0.05) is 30.3 Å². The average molecular weight is 331 g/mol. The Morgan fingerprint density at radius 3 is 2.54 bits per heavy atom. The van der Waals surface area contributed by atoms with Crippen molar-refractivity contribution in [2.45, 2.75) is 57.8 Å². The van der Waals surface area contributed by atoms with Crippen LogP contribution in [0.15, 0.2) is 30.3 Å². The summed E-state index contributed by atoms with van der Waals surface area (Å²) >= 11 is 0. The molecular formula is C20H29NO3. The number of hydrogen-bond donors (Lipinski definition) is 0. The van der Waals surface area contributed by atoms with Crippen molar-refractivity contribution in [3.05, 3.63) is 35.9 Å². The molecule has 0 bridgehead atoms. The first kappa shape index (κ1) is 17.4. The molecule has 0 spiro atoms. The van der Waals surface area contributed by atoms with Crippen molar-refractivity contribution in [2.75, 3.05) is 19.7 Å². The number of benzene rings is 1. The van der Waals surface area contributed by atoms with Crippen LogP contribution in [0.25, 0.3) is 0 Å². The number of rotatable bonds is 6. The number of hydrogen-bond acceptors (Lipinski definition) is 4. The third-order valence-corrected chi connectivity index (χ3v) is 5.16. The predicted octanol–water partition coefficient (Wildman–Crippen LogP) is 3.40. The van der Waals surface area contributed by atoms with Gasteiger partial charge >= 0.3 is 5.97 Å². The standard InChI is InChI=1S/C20H29NO3/c1-2-23-20(22)17-8-10-18(11-9-17)24-19-12-13-21(15-19)14-16-6-4-3-5-7-16/h3-7,17-19H,2,8-15H2,1H3/t17?,18?,19-/m1/s1. The van der Waals surface area contributed by atoms with E-state index in [9.17, 15) is 4.79 Å². The molecular weight excluding hydrogens is 302 g/mol. The molecule has 1 aromatic carbocycles. The molecule has 1 aliphatic carbocycles. The minimum atomic E-state index is -0.0224. The third-order valence-electron chi connectivity index (χ3n) is 5.16. The smallest absolute Gasteiger partial charge is 0.308 e. The van der Waals surface area contributed by atoms with E-state index in [4.69, 9.17) is 9.47 Å². The second kappa shape index (κ2) is 8.63. The quantitative estimate of drug-likeness (QED) is 0.749.